The molecule has 0 radical (unpaired) electrons. The van der Waals surface area contributed by atoms with Gasteiger partial charge in [-0.25, -0.2) is 4.79 Å². The Hall–Kier alpha value is -1.60. The van der Waals surface area contributed by atoms with E-state index in [1.165, 1.54) is 0 Å². The van der Waals surface area contributed by atoms with Crippen molar-refractivity contribution in [2.45, 2.75) is 32.0 Å². The molecule has 0 bridgehead atoms. The van der Waals surface area contributed by atoms with Crippen molar-refractivity contribution in [3.05, 3.63) is 26.5 Å². The van der Waals surface area contributed by atoms with Crippen molar-refractivity contribution in [1.82, 2.24) is 9.97 Å². The number of nitrogens with one attached hydrogen (secondary N) is 2. The first-order chi connectivity index (χ1) is 9.63. The summed E-state index contributed by atoms with van der Waals surface area (Å²) >= 11 is 0. The third kappa shape index (κ3) is 2.27. The van der Waals surface area contributed by atoms with Gasteiger partial charge in [0, 0.05) is 31.6 Å². The fourth-order valence-corrected chi connectivity index (χ4v) is 2.97. The molecule has 1 spiro atoms. The van der Waals surface area contributed by atoms with Crippen molar-refractivity contribution in [3.8, 4) is 0 Å². The number of anilines is 1. The summed E-state index contributed by atoms with van der Waals surface area (Å²) in [6.07, 6.45) is 2.08. The molecular formula is C13H19N3O4. The maximum Gasteiger partial charge on any atom is 0.326 e. The molecule has 20 heavy (non-hydrogen) atoms. The van der Waals surface area contributed by atoms with E-state index in [2.05, 4.69) is 9.97 Å². The van der Waals surface area contributed by atoms with Gasteiger partial charge in [-0.3, -0.25) is 9.78 Å². The Morgan fingerprint density at radius 2 is 1.80 bits per heavy atom. The molecule has 1 aromatic rings. The molecule has 2 fully saturated rings. The van der Waals surface area contributed by atoms with E-state index in [4.69, 9.17) is 9.47 Å². The lowest BCUT2D eigenvalue weighted by Gasteiger charge is -2.38. The van der Waals surface area contributed by atoms with Crippen LogP contribution < -0.4 is 16.1 Å². The van der Waals surface area contributed by atoms with Crippen LogP contribution in [0.3, 0.4) is 0 Å². The minimum atomic E-state index is -0.460. The van der Waals surface area contributed by atoms with Crippen molar-refractivity contribution < 1.29 is 9.47 Å². The highest BCUT2D eigenvalue weighted by Crippen LogP contribution is 2.32. The Morgan fingerprint density at radius 3 is 2.40 bits per heavy atom. The largest absolute Gasteiger partial charge is 0.365 e. The lowest BCUT2D eigenvalue weighted by molar-refractivity contribution is -0.169. The molecule has 110 valence electrons. The zero-order valence-electron chi connectivity index (χ0n) is 11.5. The number of aromatic nitrogens is 2. The number of rotatable bonds is 2. The van der Waals surface area contributed by atoms with Gasteiger partial charge in [0.1, 0.15) is 5.69 Å². The molecule has 7 nitrogen and oxygen atoms in total. The van der Waals surface area contributed by atoms with Gasteiger partial charge >= 0.3 is 5.69 Å². The van der Waals surface area contributed by atoms with Gasteiger partial charge in [0.15, 0.2) is 5.79 Å². The first-order valence-electron chi connectivity index (χ1n) is 7.02. The summed E-state index contributed by atoms with van der Waals surface area (Å²) < 4.78 is 11.4. The molecule has 2 N–H and O–H groups in total. The number of piperidine rings is 1. The van der Waals surface area contributed by atoms with Crippen LogP contribution in [-0.4, -0.2) is 42.1 Å². The summed E-state index contributed by atoms with van der Waals surface area (Å²) in [7, 11) is 0. The smallest absolute Gasteiger partial charge is 0.326 e. The van der Waals surface area contributed by atoms with E-state index in [1.807, 2.05) is 11.8 Å². The maximum absolute atomic E-state index is 12.1. The zero-order chi connectivity index (χ0) is 14.2. The van der Waals surface area contributed by atoms with E-state index < -0.39 is 11.5 Å². The number of aromatic amines is 2. The summed E-state index contributed by atoms with van der Waals surface area (Å²) in [5.74, 6) is -0.460. The fourth-order valence-electron chi connectivity index (χ4n) is 2.97. The van der Waals surface area contributed by atoms with Gasteiger partial charge in [-0.15, -0.1) is 0 Å². The quantitative estimate of drug-likeness (QED) is 0.795. The monoisotopic (exact) mass is 281 g/mol. The first-order valence-corrected chi connectivity index (χ1v) is 7.02. The third-order valence-corrected chi connectivity index (χ3v) is 4.00. The first kappa shape index (κ1) is 13.4. The van der Waals surface area contributed by atoms with Crippen LogP contribution in [0, 0.1) is 0 Å². The maximum atomic E-state index is 12.1. The van der Waals surface area contributed by atoms with Gasteiger partial charge in [-0.05, 0) is 6.42 Å². The molecule has 7 heteroatoms. The van der Waals surface area contributed by atoms with Crippen LogP contribution in [0.5, 0.6) is 0 Å². The lowest BCUT2D eigenvalue weighted by atomic mass is 10.0. The zero-order valence-corrected chi connectivity index (χ0v) is 11.5. The van der Waals surface area contributed by atoms with E-state index in [9.17, 15) is 9.59 Å². The second-order valence-corrected chi connectivity index (χ2v) is 5.18. The van der Waals surface area contributed by atoms with Gasteiger partial charge in [0.05, 0.1) is 13.2 Å². The fraction of sp³-hybridized carbons (Fsp3) is 0.692. The Kier molecular flexibility index (Phi) is 3.39. The average molecular weight is 281 g/mol. The van der Waals surface area contributed by atoms with Crippen molar-refractivity contribution in [2.24, 2.45) is 0 Å². The van der Waals surface area contributed by atoms with E-state index >= 15 is 0 Å². The second-order valence-electron chi connectivity index (χ2n) is 5.18. The van der Waals surface area contributed by atoms with Crippen molar-refractivity contribution in [2.75, 3.05) is 31.2 Å². The molecule has 2 aliphatic heterocycles. The number of hydrogen-bond acceptors (Lipinski definition) is 5. The minimum absolute atomic E-state index is 0.324. The van der Waals surface area contributed by atoms with Crippen LogP contribution in [0.15, 0.2) is 9.59 Å². The van der Waals surface area contributed by atoms with Crippen LogP contribution in [0.25, 0.3) is 0 Å². The second kappa shape index (κ2) is 5.06. The number of ether oxygens (including phenoxy) is 2. The Morgan fingerprint density at radius 1 is 1.15 bits per heavy atom. The Balaban J connectivity index is 1.85. The van der Waals surface area contributed by atoms with Crippen LogP contribution in [-0.2, 0) is 15.9 Å². The van der Waals surface area contributed by atoms with Crippen molar-refractivity contribution in [1.29, 1.82) is 0 Å². The number of hydrogen-bond donors (Lipinski definition) is 2. The molecule has 0 unspecified atom stereocenters. The van der Waals surface area contributed by atoms with Crippen molar-refractivity contribution in [3.63, 3.8) is 0 Å². The summed E-state index contributed by atoms with van der Waals surface area (Å²) in [6, 6.07) is 0. The molecule has 2 saturated heterocycles. The molecule has 3 heterocycles. The predicted octanol–water partition coefficient (Wildman–Crippen LogP) is -0.0311. The SMILES string of the molecule is CCc1[nH]c(=O)[nH]c(=O)c1N1CCC2(CC1)OCCO2. The average Bonchev–Trinajstić information content (AvgIpc) is 2.88. The number of H-pyrrole nitrogens is 2. The minimum Gasteiger partial charge on any atom is -0.365 e. The number of aryl methyl sites for hydroxylation is 1. The summed E-state index contributed by atoms with van der Waals surface area (Å²) in [6.45, 7) is 4.56. The van der Waals surface area contributed by atoms with Crippen LogP contribution >= 0.6 is 0 Å². The van der Waals surface area contributed by atoms with Gasteiger partial charge < -0.3 is 19.4 Å². The summed E-state index contributed by atoms with van der Waals surface area (Å²) in [5, 5.41) is 0. The normalized spacial score (nSPS) is 21.6. The van der Waals surface area contributed by atoms with Gasteiger partial charge in [0.2, 0.25) is 0 Å². The Bertz CT molecular complexity index is 590. The Labute approximate surface area is 115 Å². The topological polar surface area (TPSA) is 87.4 Å². The molecule has 0 saturated carbocycles. The highest BCUT2D eigenvalue weighted by atomic mass is 16.7. The molecule has 0 amide bonds. The van der Waals surface area contributed by atoms with Crippen molar-refractivity contribution >= 4 is 5.69 Å². The third-order valence-electron chi connectivity index (χ3n) is 4.00. The standard InChI is InChI=1S/C13H19N3O4/c1-2-9-10(11(17)15-12(18)14-9)16-5-3-13(4-6-16)19-7-8-20-13/h2-8H2,1H3,(H2,14,15,17,18). The molecule has 1 aromatic heterocycles. The number of nitrogens with zero attached hydrogens (tertiary/aromatic N) is 1. The van der Waals surface area contributed by atoms with Crippen LogP contribution in [0.2, 0.25) is 0 Å². The molecule has 3 rings (SSSR count). The van der Waals surface area contributed by atoms with E-state index in [-0.39, 0.29) is 5.56 Å². The summed E-state index contributed by atoms with van der Waals surface area (Å²) in [5.41, 5.74) is 0.476. The highest BCUT2D eigenvalue weighted by Gasteiger charge is 2.40. The molecule has 0 aliphatic carbocycles. The predicted molar refractivity (Wildman–Crippen MR) is 73.1 cm³/mol. The lowest BCUT2D eigenvalue weighted by Crippen LogP contribution is -2.47. The van der Waals surface area contributed by atoms with Gasteiger partial charge in [0.25, 0.3) is 5.56 Å². The van der Waals surface area contributed by atoms with Crippen LogP contribution in [0.4, 0.5) is 5.69 Å². The van der Waals surface area contributed by atoms with Gasteiger partial charge in [-0.1, -0.05) is 6.92 Å². The molecule has 2 aliphatic rings. The van der Waals surface area contributed by atoms with Crippen LogP contribution in [0.1, 0.15) is 25.5 Å². The van der Waals surface area contributed by atoms with Gasteiger partial charge in [-0.2, -0.15) is 0 Å². The molecule has 0 aromatic carbocycles. The molecule has 0 atom stereocenters. The van der Waals surface area contributed by atoms with E-state index in [1.54, 1.807) is 0 Å². The highest BCUT2D eigenvalue weighted by molar-refractivity contribution is 5.49. The van der Waals surface area contributed by atoms with E-state index in [0.717, 1.165) is 12.8 Å². The van der Waals surface area contributed by atoms with E-state index in [0.29, 0.717) is 44.1 Å². The summed E-state index contributed by atoms with van der Waals surface area (Å²) in [4.78, 5) is 30.4. The molecular weight excluding hydrogens is 262 g/mol.